The number of aryl methyl sites for hydroxylation is 1. The van der Waals surface area contributed by atoms with Gasteiger partial charge in [-0.05, 0) is 24.6 Å². The predicted molar refractivity (Wildman–Crippen MR) is 59.3 cm³/mol. The Morgan fingerprint density at radius 3 is 2.65 bits per heavy atom. The summed E-state index contributed by atoms with van der Waals surface area (Å²) in [6.45, 7) is 1.59. The van der Waals surface area contributed by atoms with Crippen LogP contribution in [0.4, 0.5) is 4.39 Å². The summed E-state index contributed by atoms with van der Waals surface area (Å²) in [5.41, 5.74) is 0.650. The van der Waals surface area contributed by atoms with Crippen LogP contribution >= 0.6 is 0 Å². The molecular weight excluding hydrogens is 227 g/mol. The summed E-state index contributed by atoms with van der Waals surface area (Å²) < 4.78 is 22.9. The summed E-state index contributed by atoms with van der Waals surface area (Å²) in [6, 6.07) is 2.65. The van der Waals surface area contributed by atoms with Gasteiger partial charge in [-0.1, -0.05) is 0 Å². The summed E-state index contributed by atoms with van der Waals surface area (Å²) >= 11 is 0. The highest BCUT2D eigenvalue weighted by Gasteiger charge is 2.19. The average molecular weight is 242 g/mol. The molecule has 0 saturated carbocycles. The number of halogens is 1. The van der Waals surface area contributed by atoms with Crippen molar-refractivity contribution in [3.05, 3.63) is 29.1 Å². The van der Waals surface area contributed by atoms with Crippen LogP contribution < -0.4 is 4.74 Å². The number of methoxy groups -OCH3 is 2. The first-order valence-electron chi connectivity index (χ1n) is 5.08. The van der Waals surface area contributed by atoms with E-state index < -0.39 is 17.9 Å². The fraction of sp³-hybridized carbons (Fsp3) is 0.417. The molecular formula is C12H15FO4. The highest BCUT2D eigenvalue weighted by molar-refractivity contribution is 5.70. The molecule has 0 saturated heterocycles. The van der Waals surface area contributed by atoms with Crippen LogP contribution in [0.3, 0.4) is 0 Å². The standard InChI is InChI=1S/C12H15FO4/c1-7-4-11(16-2)8(5-9(7)13)10(14)6-12(15)17-3/h4-5,10,14H,6H2,1-3H3/t10-/m0/s1. The Balaban J connectivity index is 3.03. The third kappa shape index (κ3) is 3.17. The van der Waals surface area contributed by atoms with Gasteiger partial charge >= 0.3 is 5.97 Å². The number of aliphatic hydroxyl groups is 1. The number of benzene rings is 1. The van der Waals surface area contributed by atoms with Crippen molar-refractivity contribution in [3.8, 4) is 5.75 Å². The van der Waals surface area contributed by atoms with Gasteiger partial charge in [0.15, 0.2) is 0 Å². The first kappa shape index (κ1) is 13.4. The normalized spacial score (nSPS) is 12.1. The van der Waals surface area contributed by atoms with E-state index in [1.54, 1.807) is 6.92 Å². The van der Waals surface area contributed by atoms with E-state index >= 15 is 0 Å². The Hall–Kier alpha value is -1.62. The van der Waals surface area contributed by atoms with E-state index in [0.717, 1.165) is 0 Å². The Labute approximate surface area is 99.0 Å². The minimum Gasteiger partial charge on any atom is -0.496 e. The molecule has 0 aliphatic carbocycles. The van der Waals surface area contributed by atoms with Crippen LogP contribution in [0.2, 0.25) is 0 Å². The zero-order chi connectivity index (χ0) is 13.0. The van der Waals surface area contributed by atoms with E-state index in [1.807, 2.05) is 0 Å². The summed E-state index contributed by atoms with van der Waals surface area (Å²) in [5, 5.41) is 9.80. The van der Waals surface area contributed by atoms with Crippen LogP contribution in [0.5, 0.6) is 5.75 Å². The lowest BCUT2D eigenvalue weighted by Gasteiger charge is -2.15. The second-order valence-electron chi connectivity index (χ2n) is 3.64. The second-order valence-corrected chi connectivity index (χ2v) is 3.64. The number of hydrogen-bond donors (Lipinski definition) is 1. The number of esters is 1. The fourth-order valence-corrected chi connectivity index (χ4v) is 1.46. The van der Waals surface area contributed by atoms with E-state index in [2.05, 4.69) is 4.74 Å². The van der Waals surface area contributed by atoms with Crippen molar-refractivity contribution in [2.24, 2.45) is 0 Å². The quantitative estimate of drug-likeness (QED) is 0.817. The minimum atomic E-state index is -1.15. The first-order chi connectivity index (χ1) is 7.99. The molecule has 0 radical (unpaired) electrons. The Bertz CT molecular complexity index is 417. The van der Waals surface area contributed by atoms with E-state index in [4.69, 9.17) is 4.74 Å². The second kappa shape index (κ2) is 5.63. The first-order valence-corrected chi connectivity index (χ1v) is 5.08. The average Bonchev–Trinajstić information content (AvgIpc) is 2.31. The van der Waals surface area contributed by atoms with Gasteiger partial charge in [-0.15, -0.1) is 0 Å². The van der Waals surface area contributed by atoms with Crippen LogP contribution in [0.25, 0.3) is 0 Å². The number of hydrogen-bond acceptors (Lipinski definition) is 4. The number of aliphatic hydroxyl groups excluding tert-OH is 1. The number of rotatable bonds is 4. The van der Waals surface area contributed by atoms with Crippen LogP contribution in [-0.4, -0.2) is 25.3 Å². The molecule has 1 aromatic carbocycles. The minimum absolute atomic E-state index is 0.237. The molecule has 0 amide bonds. The lowest BCUT2D eigenvalue weighted by molar-refractivity contribution is -0.142. The van der Waals surface area contributed by atoms with Crippen molar-refractivity contribution >= 4 is 5.97 Å². The molecule has 0 fully saturated rings. The van der Waals surface area contributed by atoms with Crippen LogP contribution in [0, 0.1) is 12.7 Å². The van der Waals surface area contributed by atoms with Gasteiger partial charge in [0.25, 0.3) is 0 Å². The van der Waals surface area contributed by atoms with Crippen molar-refractivity contribution in [1.82, 2.24) is 0 Å². The van der Waals surface area contributed by atoms with Crippen molar-refractivity contribution in [3.63, 3.8) is 0 Å². The van der Waals surface area contributed by atoms with Crippen LogP contribution in [0.1, 0.15) is 23.7 Å². The van der Waals surface area contributed by atoms with Gasteiger partial charge in [-0.2, -0.15) is 0 Å². The molecule has 1 N–H and O–H groups in total. The molecule has 0 bridgehead atoms. The predicted octanol–water partition coefficient (Wildman–Crippen LogP) is 1.74. The molecule has 0 unspecified atom stereocenters. The van der Waals surface area contributed by atoms with Gasteiger partial charge in [0, 0.05) is 5.56 Å². The van der Waals surface area contributed by atoms with Crippen molar-refractivity contribution in [1.29, 1.82) is 0 Å². The maximum Gasteiger partial charge on any atom is 0.308 e. The third-order valence-electron chi connectivity index (χ3n) is 2.46. The largest absolute Gasteiger partial charge is 0.496 e. The highest BCUT2D eigenvalue weighted by atomic mass is 19.1. The van der Waals surface area contributed by atoms with Gasteiger partial charge in [-0.25, -0.2) is 4.39 Å². The number of carbonyl (C=O) groups is 1. The van der Waals surface area contributed by atoms with Crippen molar-refractivity contribution < 1.29 is 23.8 Å². The molecule has 17 heavy (non-hydrogen) atoms. The van der Waals surface area contributed by atoms with Crippen molar-refractivity contribution in [2.45, 2.75) is 19.4 Å². The molecule has 1 atom stereocenters. The van der Waals surface area contributed by atoms with Gasteiger partial charge < -0.3 is 14.6 Å². The van der Waals surface area contributed by atoms with Gasteiger partial charge in [0.1, 0.15) is 11.6 Å². The van der Waals surface area contributed by atoms with Gasteiger partial charge in [0.2, 0.25) is 0 Å². The zero-order valence-electron chi connectivity index (χ0n) is 9.99. The van der Waals surface area contributed by atoms with E-state index in [-0.39, 0.29) is 12.0 Å². The molecule has 0 spiro atoms. The van der Waals surface area contributed by atoms with Gasteiger partial charge in [-0.3, -0.25) is 4.79 Å². The molecule has 5 heteroatoms. The van der Waals surface area contributed by atoms with E-state index in [0.29, 0.717) is 11.3 Å². The fourth-order valence-electron chi connectivity index (χ4n) is 1.46. The SMILES string of the molecule is COC(=O)C[C@H](O)c1cc(F)c(C)cc1OC. The summed E-state index contributed by atoms with van der Waals surface area (Å²) in [7, 11) is 2.64. The summed E-state index contributed by atoms with van der Waals surface area (Å²) in [4.78, 5) is 11.0. The molecule has 1 rings (SSSR count). The highest BCUT2D eigenvalue weighted by Crippen LogP contribution is 2.29. The Kier molecular flexibility index (Phi) is 4.45. The zero-order valence-corrected chi connectivity index (χ0v) is 9.99. The molecule has 0 aliphatic rings. The topological polar surface area (TPSA) is 55.8 Å². The van der Waals surface area contributed by atoms with Crippen molar-refractivity contribution in [2.75, 3.05) is 14.2 Å². The molecule has 0 aliphatic heterocycles. The van der Waals surface area contributed by atoms with Gasteiger partial charge in [0.05, 0.1) is 26.7 Å². The molecule has 94 valence electrons. The maximum atomic E-state index is 13.4. The van der Waals surface area contributed by atoms with E-state index in [9.17, 15) is 14.3 Å². The third-order valence-corrected chi connectivity index (χ3v) is 2.46. The van der Waals surface area contributed by atoms with Crippen LogP contribution in [-0.2, 0) is 9.53 Å². The molecule has 0 aromatic heterocycles. The number of carbonyl (C=O) groups excluding carboxylic acids is 1. The molecule has 0 heterocycles. The summed E-state index contributed by atoms with van der Waals surface area (Å²) in [5.74, 6) is -0.675. The lowest BCUT2D eigenvalue weighted by Crippen LogP contribution is -2.09. The van der Waals surface area contributed by atoms with Crippen LogP contribution in [0.15, 0.2) is 12.1 Å². The molecule has 4 nitrogen and oxygen atoms in total. The smallest absolute Gasteiger partial charge is 0.308 e. The Morgan fingerprint density at radius 1 is 1.47 bits per heavy atom. The lowest BCUT2D eigenvalue weighted by atomic mass is 10.0. The number of ether oxygens (including phenoxy) is 2. The molecule has 1 aromatic rings. The van der Waals surface area contributed by atoms with E-state index in [1.165, 1.54) is 26.4 Å². The Morgan fingerprint density at radius 2 is 2.12 bits per heavy atom. The summed E-state index contributed by atoms with van der Waals surface area (Å²) in [6.07, 6.45) is -1.39. The maximum absolute atomic E-state index is 13.4. The monoisotopic (exact) mass is 242 g/mol.